The van der Waals surface area contributed by atoms with E-state index in [0.29, 0.717) is 11.6 Å². The average Bonchev–Trinajstić information content (AvgIpc) is 3.28. The van der Waals surface area contributed by atoms with Gasteiger partial charge in [0.25, 0.3) is 0 Å². The molecule has 3 aliphatic rings. The zero-order valence-electron chi connectivity index (χ0n) is 14.6. The van der Waals surface area contributed by atoms with E-state index in [2.05, 4.69) is 20.1 Å². The second kappa shape index (κ2) is 6.17. The van der Waals surface area contributed by atoms with Crippen LogP contribution in [0.25, 0.3) is 21.5 Å². The number of hydrogen-bond donors (Lipinski definition) is 1. The van der Waals surface area contributed by atoms with E-state index in [0.717, 1.165) is 59.6 Å². The van der Waals surface area contributed by atoms with Crippen molar-refractivity contribution in [3.8, 4) is 10.6 Å². The minimum Gasteiger partial charge on any atom is -0.456 e. The van der Waals surface area contributed by atoms with Crippen LogP contribution in [0.2, 0.25) is 0 Å². The van der Waals surface area contributed by atoms with E-state index >= 15 is 0 Å². The molecule has 0 spiro atoms. The molecule has 26 heavy (non-hydrogen) atoms. The van der Waals surface area contributed by atoms with E-state index in [4.69, 9.17) is 4.74 Å². The molecule has 2 bridgehead atoms. The summed E-state index contributed by atoms with van der Waals surface area (Å²) in [6.07, 6.45) is 2.24. The molecular weight excluding hydrogens is 348 g/mol. The van der Waals surface area contributed by atoms with Gasteiger partial charge in [0.1, 0.15) is 11.1 Å². The van der Waals surface area contributed by atoms with Gasteiger partial charge in [0.2, 0.25) is 0 Å². The number of aromatic nitrogens is 3. The van der Waals surface area contributed by atoms with E-state index in [1.54, 1.807) is 11.3 Å². The lowest BCUT2D eigenvalue weighted by atomic mass is 9.86. The summed E-state index contributed by atoms with van der Waals surface area (Å²) in [6, 6.07) is 5.91. The van der Waals surface area contributed by atoms with Crippen molar-refractivity contribution in [3.63, 3.8) is 0 Å². The summed E-state index contributed by atoms with van der Waals surface area (Å²) in [7, 11) is 0. The molecule has 0 saturated carbocycles. The number of hydrogen-bond acceptors (Lipinski definition) is 6. The Kier molecular flexibility index (Phi) is 3.79. The Morgan fingerprint density at radius 2 is 2.19 bits per heavy atom. The standard InChI is InChI=1S/C19H20N4O2S/c1-11-10-26-18(20-11)13-2-3-14-15(8-13)21-22-17(14)19(24)25-16-9-23-6-4-12(16)5-7-23/h2-3,8,10,12,16H,4-7,9H2,1H3,(H,21,22)/t16-/m0/s1. The second-order valence-electron chi connectivity index (χ2n) is 7.21. The average molecular weight is 368 g/mol. The number of piperidine rings is 3. The number of esters is 1. The number of nitrogens with zero attached hydrogens (tertiary/aromatic N) is 3. The van der Waals surface area contributed by atoms with Gasteiger partial charge < -0.3 is 4.74 Å². The van der Waals surface area contributed by atoms with Crippen LogP contribution < -0.4 is 0 Å². The minimum absolute atomic E-state index is 0.00526. The Balaban J connectivity index is 1.39. The highest BCUT2D eigenvalue weighted by atomic mass is 32.1. The van der Waals surface area contributed by atoms with E-state index in [1.165, 1.54) is 0 Å². The topological polar surface area (TPSA) is 71.1 Å². The number of aryl methyl sites for hydroxylation is 1. The summed E-state index contributed by atoms with van der Waals surface area (Å²) < 4.78 is 5.82. The maximum atomic E-state index is 12.7. The molecule has 1 atom stereocenters. The zero-order valence-corrected chi connectivity index (χ0v) is 15.4. The quantitative estimate of drug-likeness (QED) is 0.719. The first kappa shape index (κ1) is 16.0. The number of carbonyl (C=O) groups excluding carboxylic acids is 1. The predicted molar refractivity (Wildman–Crippen MR) is 100 cm³/mol. The molecule has 134 valence electrons. The molecule has 3 fully saturated rings. The van der Waals surface area contributed by atoms with Gasteiger partial charge >= 0.3 is 5.97 Å². The molecule has 0 amide bonds. The maximum Gasteiger partial charge on any atom is 0.359 e. The Morgan fingerprint density at radius 1 is 1.35 bits per heavy atom. The van der Waals surface area contributed by atoms with Crippen molar-refractivity contribution in [1.82, 2.24) is 20.1 Å². The summed E-state index contributed by atoms with van der Waals surface area (Å²) in [6.45, 7) is 5.09. The number of H-pyrrole nitrogens is 1. The highest BCUT2D eigenvalue weighted by molar-refractivity contribution is 7.13. The molecule has 0 radical (unpaired) electrons. The van der Waals surface area contributed by atoms with Crippen molar-refractivity contribution < 1.29 is 9.53 Å². The van der Waals surface area contributed by atoms with Crippen LogP contribution in [-0.4, -0.2) is 51.8 Å². The molecule has 7 heteroatoms. The Hall–Kier alpha value is -2.25. The van der Waals surface area contributed by atoms with Gasteiger partial charge in [-0.3, -0.25) is 10.00 Å². The van der Waals surface area contributed by atoms with Gasteiger partial charge in [-0.1, -0.05) is 6.07 Å². The predicted octanol–water partition coefficient (Wildman–Crippen LogP) is 3.25. The van der Waals surface area contributed by atoms with E-state index < -0.39 is 0 Å². The molecule has 3 aliphatic heterocycles. The van der Waals surface area contributed by atoms with Crippen LogP contribution in [0.4, 0.5) is 0 Å². The summed E-state index contributed by atoms with van der Waals surface area (Å²) >= 11 is 1.61. The summed E-state index contributed by atoms with van der Waals surface area (Å²) in [5.74, 6) is 0.168. The van der Waals surface area contributed by atoms with Crippen molar-refractivity contribution in [2.24, 2.45) is 5.92 Å². The first-order valence-electron chi connectivity index (χ1n) is 9.01. The zero-order chi connectivity index (χ0) is 17.7. The van der Waals surface area contributed by atoms with Crippen LogP contribution in [0.1, 0.15) is 29.0 Å². The molecule has 2 aromatic heterocycles. The van der Waals surface area contributed by atoms with Crippen LogP contribution in [0.5, 0.6) is 0 Å². The molecule has 5 heterocycles. The molecule has 0 aliphatic carbocycles. The fourth-order valence-corrected chi connectivity index (χ4v) is 4.83. The van der Waals surface area contributed by atoms with E-state index in [9.17, 15) is 4.79 Å². The van der Waals surface area contributed by atoms with Gasteiger partial charge in [-0.2, -0.15) is 5.10 Å². The number of carbonyl (C=O) groups is 1. The third kappa shape index (κ3) is 2.71. The second-order valence-corrected chi connectivity index (χ2v) is 8.07. The normalized spacial score (nSPS) is 24.9. The van der Waals surface area contributed by atoms with Gasteiger partial charge in [0.15, 0.2) is 5.69 Å². The lowest BCUT2D eigenvalue weighted by Crippen LogP contribution is -2.51. The molecule has 3 aromatic rings. The number of aromatic amines is 1. The smallest absolute Gasteiger partial charge is 0.359 e. The molecule has 1 N–H and O–H groups in total. The van der Waals surface area contributed by atoms with Crippen LogP contribution >= 0.6 is 11.3 Å². The lowest BCUT2D eigenvalue weighted by Gasteiger charge is -2.43. The molecule has 6 nitrogen and oxygen atoms in total. The third-order valence-corrected chi connectivity index (χ3v) is 6.49. The minimum atomic E-state index is -0.326. The third-order valence-electron chi connectivity index (χ3n) is 5.48. The Morgan fingerprint density at radius 3 is 2.88 bits per heavy atom. The Bertz CT molecular complexity index is 971. The number of thiazole rings is 1. The van der Waals surface area contributed by atoms with Crippen molar-refractivity contribution >= 4 is 28.2 Å². The van der Waals surface area contributed by atoms with E-state index in [1.807, 2.05) is 30.5 Å². The number of rotatable bonds is 3. The first-order valence-corrected chi connectivity index (χ1v) is 9.89. The van der Waals surface area contributed by atoms with Gasteiger partial charge in [-0.15, -0.1) is 11.3 Å². The van der Waals surface area contributed by atoms with Crippen molar-refractivity contribution in [2.45, 2.75) is 25.9 Å². The van der Waals surface area contributed by atoms with Gasteiger partial charge in [0.05, 0.1) is 5.52 Å². The lowest BCUT2D eigenvalue weighted by molar-refractivity contribution is -0.0458. The maximum absolute atomic E-state index is 12.7. The Labute approximate surface area is 155 Å². The molecular formula is C19H20N4O2S. The van der Waals surface area contributed by atoms with Crippen LogP contribution in [0.15, 0.2) is 23.6 Å². The number of benzene rings is 1. The summed E-state index contributed by atoms with van der Waals surface area (Å²) in [5.41, 5.74) is 3.24. The number of ether oxygens (including phenoxy) is 1. The fourth-order valence-electron chi connectivity index (χ4n) is 4.03. The van der Waals surface area contributed by atoms with Crippen LogP contribution in [-0.2, 0) is 4.74 Å². The molecule has 3 saturated heterocycles. The van der Waals surface area contributed by atoms with Crippen molar-refractivity contribution in [1.29, 1.82) is 0 Å². The largest absolute Gasteiger partial charge is 0.456 e. The molecule has 1 aromatic carbocycles. The highest BCUT2D eigenvalue weighted by Crippen LogP contribution is 2.31. The number of fused-ring (bicyclic) bond motifs is 4. The van der Waals surface area contributed by atoms with E-state index in [-0.39, 0.29) is 12.1 Å². The monoisotopic (exact) mass is 368 g/mol. The van der Waals surface area contributed by atoms with Gasteiger partial charge in [0, 0.05) is 28.6 Å². The highest BCUT2D eigenvalue weighted by Gasteiger charge is 2.37. The molecule has 6 rings (SSSR count). The van der Waals surface area contributed by atoms with Crippen LogP contribution in [0.3, 0.4) is 0 Å². The van der Waals surface area contributed by atoms with Crippen LogP contribution in [0, 0.1) is 12.8 Å². The SMILES string of the molecule is Cc1csc(-c2ccc3c(C(=O)O[C@H]4CN5CCC4CC5)n[nH]c3c2)n1. The first-order chi connectivity index (χ1) is 12.7. The summed E-state index contributed by atoms with van der Waals surface area (Å²) in [4.78, 5) is 19.6. The molecule has 0 unspecified atom stereocenters. The summed E-state index contributed by atoms with van der Waals surface area (Å²) in [5, 5.41) is 11.0. The van der Waals surface area contributed by atoms with Gasteiger partial charge in [-0.05, 0) is 50.9 Å². The van der Waals surface area contributed by atoms with Crippen molar-refractivity contribution in [2.75, 3.05) is 19.6 Å². The van der Waals surface area contributed by atoms with Gasteiger partial charge in [-0.25, -0.2) is 9.78 Å². The number of nitrogens with one attached hydrogen (secondary N) is 1. The van der Waals surface area contributed by atoms with Crippen molar-refractivity contribution in [3.05, 3.63) is 35.0 Å². The fraction of sp³-hybridized carbons (Fsp3) is 0.421.